The van der Waals surface area contributed by atoms with Crippen LogP contribution < -0.4 is 5.43 Å². The Balaban J connectivity index is 1.91. The van der Waals surface area contributed by atoms with Gasteiger partial charge in [-0.1, -0.05) is 30.3 Å². The van der Waals surface area contributed by atoms with Gasteiger partial charge < -0.3 is 9.67 Å². The third-order valence-electron chi connectivity index (χ3n) is 4.54. The number of aryl methyl sites for hydroxylation is 1. The van der Waals surface area contributed by atoms with E-state index in [2.05, 4.69) is 4.98 Å². The Morgan fingerprint density at radius 1 is 1.25 bits per heavy atom. The van der Waals surface area contributed by atoms with Crippen molar-refractivity contribution in [2.45, 2.75) is 13.5 Å². The molecule has 0 unspecified atom stereocenters. The SMILES string of the molecule is CCn1cc(C(=O)O)c(=O)c2cc(F)c(-c3csc(-c4ccccc4)n3)cc21. The number of aromatic carboxylic acids is 1. The number of rotatable bonds is 4. The molecular weight excluding hydrogens is 379 g/mol. The number of pyridine rings is 1. The molecule has 28 heavy (non-hydrogen) atoms. The van der Waals surface area contributed by atoms with E-state index in [0.29, 0.717) is 17.8 Å². The molecule has 140 valence electrons. The lowest BCUT2D eigenvalue weighted by Gasteiger charge is -2.12. The molecule has 0 radical (unpaired) electrons. The first kappa shape index (κ1) is 18.1. The first-order chi connectivity index (χ1) is 13.5. The van der Waals surface area contributed by atoms with Crippen LogP contribution in [0.5, 0.6) is 0 Å². The van der Waals surface area contributed by atoms with Crippen LogP contribution in [0, 0.1) is 5.82 Å². The van der Waals surface area contributed by atoms with E-state index < -0.39 is 17.2 Å². The van der Waals surface area contributed by atoms with Gasteiger partial charge in [-0.2, -0.15) is 0 Å². The van der Waals surface area contributed by atoms with Gasteiger partial charge in [-0.25, -0.2) is 14.2 Å². The van der Waals surface area contributed by atoms with Gasteiger partial charge in [0.15, 0.2) is 0 Å². The topological polar surface area (TPSA) is 72.2 Å². The Morgan fingerprint density at radius 2 is 2.00 bits per heavy atom. The van der Waals surface area contributed by atoms with Crippen molar-refractivity contribution in [2.24, 2.45) is 0 Å². The maximum absolute atomic E-state index is 14.8. The van der Waals surface area contributed by atoms with E-state index in [1.54, 1.807) is 16.0 Å². The number of nitrogens with zero attached hydrogens (tertiary/aromatic N) is 2. The summed E-state index contributed by atoms with van der Waals surface area (Å²) in [4.78, 5) is 28.3. The Labute approximate surface area is 163 Å². The summed E-state index contributed by atoms with van der Waals surface area (Å²) in [5, 5.41) is 11.8. The predicted molar refractivity (Wildman–Crippen MR) is 107 cm³/mol. The first-order valence-corrected chi connectivity index (χ1v) is 9.49. The van der Waals surface area contributed by atoms with E-state index in [1.807, 2.05) is 37.3 Å². The summed E-state index contributed by atoms with van der Waals surface area (Å²) < 4.78 is 16.5. The van der Waals surface area contributed by atoms with Gasteiger partial charge >= 0.3 is 5.97 Å². The van der Waals surface area contributed by atoms with Crippen molar-refractivity contribution in [1.82, 2.24) is 9.55 Å². The summed E-state index contributed by atoms with van der Waals surface area (Å²) in [7, 11) is 0. The lowest BCUT2D eigenvalue weighted by molar-refractivity contribution is 0.0695. The second-order valence-electron chi connectivity index (χ2n) is 6.22. The van der Waals surface area contributed by atoms with Crippen LogP contribution in [-0.4, -0.2) is 20.6 Å². The van der Waals surface area contributed by atoms with Crippen molar-refractivity contribution in [3.8, 4) is 21.8 Å². The number of carboxylic acid groups (broad SMARTS) is 1. The molecule has 0 bridgehead atoms. The zero-order chi connectivity index (χ0) is 19.8. The normalized spacial score (nSPS) is 11.1. The molecule has 0 spiro atoms. The summed E-state index contributed by atoms with van der Waals surface area (Å²) in [6.45, 7) is 2.27. The molecule has 0 amide bonds. The fourth-order valence-electron chi connectivity index (χ4n) is 3.13. The minimum absolute atomic E-state index is 0.0431. The molecule has 0 saturated carbocycles. The maximum atomic E-state index is 14.8. The predicted octanol–water partition coefficient (Wildman–Crippen LogP) is 4.65. The first-order valence-electron chi connectivity index (χ1n) is 8.61. The van der Waals surface area contributed by atoms with Gasteiger partial charge in [0, 0.05) is 34.6 Å². The molecule has 0 fully saturated rings. The van der Waals surface area contributed by atoms with Crippen LogP contribution in [0.3, 0.4) is 0 Å². The van der Waals surface area contributed by atoms with E-state index in [9.17, 15) is 19.1 Å². The molecule has 0 aliphatic carbocycles. The average Bonchev–Trinajstić information content (AvgIpc) is 3.18. The quantitative estimate of drug-likeness (QED) is 0.547. The van der Waals surface area contributed by atoms with E-state index in [4.69, 9.17) is 0 Å². The lowest BCUT2D eigenvalue weighted by atomic mass is 10.1. The van der Waals surface area contributed by atoms with Crippen molar-refractivity contribution in [2.75, 3.05) is 0 Å². The van der Waals surface area contributed by atoms with Crippen LogP contribution >= 0.6 is 11.3 Å². The molecular formula is C21H15FN2O3S. The molecule has 2 aromatic heterocycles. The Morgan fingerprint density at radius 3 is 2.68 bits per heavy atom. The zero-order valence-electron chi connectivity index (χ0n) is 14.8. The number of halogens is 1. The monoisotopic (exact) mass is 394 g/mol. The number of carboxylic acids is 1. The van der Waals surface area contributed by atoms with Gasteiger partial charge in [-0.3, -0.25) is 4.79 Å². The number of hydrogen-bond donors (Lipinski definition) is 1. The fourth-order valence-corrected chi connectivity index (χ4v) is 3.96. The summed E-state index contributed by atoms with van der Waals surface area (Å²) in [5.74, 6) is -1.94. The number of aromatic nitrogens is 2. The highest BCUT2D eigenvalue weighted by Crippen LogP contribution is 2.32. The van der Waals surface area contributed by atoms with Crippen molar-refractivity contribution < 1.29 is 14.3 Å². The van der Waals surface area contributed by atoms with Gasteiger partial charge in [0.05, 0.1) is 11.2 Å². The van der Waals surface area contributed by atoms with E-state index in [1.165, 1.54) is 17.5 Å². The Hall–Kier alpha value is -3.32. The van der Waals surface area contributed by atoms with Gasteiger partial charge in [0.25, 0.3) is 0 Å². The van der Waals surface area contributed by atoms with Crippen molar-refractivity contribution in [3.63, 3.8) is 0 Å². The molecule has 2 heterocycles. The minimum Gasteiger partial charge on any atom is -0.477 e. The third-order valence-corrected chi connectivity index (χ3v) is 5.43. The van der Waals surface area contributed by atoms with E-state index in [-0.39, 0.29) is 16.5 Å². The van der Waals surface area contributed by atoms with Crippen LogP contribution in [0.25, 0.3) is 32.7 Å². The van der Waals surface area contributed by atoms with Crippen molar-refractivity contribution in [1.29, 1.82) is 0 Å². The standard InChI is InChI=1S/C21H15FN2O3S/c1-2-24-10-15(21(26)27)19(25)14-8-16(22)13(9-18(14)24)17-11-28-20(23-17)12-6-4-3-5-7-12/h3-11H,2H2,1H3,(H,26,27). The molecule has 4 aromatic rings. The fraction of sp³-hybridized carbons (Fsp3) is 0.0952. The lowest BCUT2D eigenvalue weighted by Crippen LogP contribution is -2.19. The van der Waals surface area contributed by atoms with Gasteiger partial charge in [0.2, 0.25) is 5.43 Å². The van der Waals surface area contributed by atoms with Gasteiger partial charge in [0.1, 0.15) is 16.4 Å². The largest absolute Gasteiger partial charge is 0.477 e. The Bertz CT molecular complexity index is 1260. The van der Waals surface area contributed by atoms with E-state index >= 15 is 0 Å². The second kappa shape index (κ2) is 7.01. The van der Waals surface area contributed by atoms with E-state index in [0.717, 1.165) is 16.6 Å². The van der Waals surface area contributed by atoms with Crippen molar-refractivity contribution >= 4 is 28.2 Å². The third kappa shape index (κ3) is 2.99. The summed E-state index contributed by atoms with van der Waals surface area (Å²) >= 11 is 1.41. The summed E-state index contributed by atoms with van der Waals surface area (Å²) in [5.41, 5.74) is 1.10. The highest BCUT2D eigenvalue weighted by atomic mass is 32.1. The average molecular weight is 394 g/mol. The van der Waals surface area contributed by atoms with Crippen LogP contribution in [0.2, 0.25) is 0 Å². The number of carbonyl (C=O) groups is 1. The van der Waals surface area contributed by atoms with Gasteiger partial charge in [-0.05, 0) is 19.1 Å². The highest BCUT2D eigenvalue weighted by molar-refractivity contribution is 7.13. The molecule has 0 atom stereocenters. The number of benzene rings is 2. The van der Waals surface area contributed by atoms with Crippen LogP contribution in [0.4, 0.5) is 4.39 Å². The van der Waals surface area contributed by atoms with Gasteiger partial charge in [-0.15, -0.1) is 11.3 Å². The summed E-state index contributed by atoms with van der Waals surface area (Å²) in [6, 6.07) is 12.3. The molecule has 2 aromatic carbocycles. The number of thiazole rings is 1. The Kier molecular flexibility index (Phi) is 4.52. The smallest absolute Gasteiger partial charge is 0.341 e. The van der Waals surface area contributed by atoms with Crippen molar-refractivity contribution in [3.05, 3.63) is 75.6 Å². The maximum Gasteiger partial charge on any atom is 0.341 e. The molecule has 0 aliphatic heterocycles. The molecule has 7 heteroatoms. The molecule has 1 N–H and O–H groups in total. The molecule has 4 rings (SSSR count). The van der Waals surface area contributed by atoms with Crippen LogP contribution in [0.1, 0.15) is 17.3 Å². The number of fused-ring (bicyclic) bond motifs is 1. The zero-order valence-corrected chi connectivity index (χ0v) is 15.7. The molecule has 0 saturated heterocycles. The van der Waals surface area contributed by atoms with Crippen LogP contribution in [0.15, 0.2) is 58.8 Å². The van der Waals surface area contributed by atoms with Crippen LogP contribution in [-0.2, 0) is 6.54 Å². The molecule has 0 aliphatic rings. The highest BCUT2D eigenvalue weighted by Gasteiger charge is 2.18. The minimum atomic E-state index is -1.33. The summed E-state index contributed by atoms with van der Waals surface area (Å²) in [6.07, 6.45) is 1.30. The number of hydrogen-bond acceptors (Lipinski definition) is 4. The second-order valence-corrected chi connectivity index (χ2v) is 7.07. The molecule has 5 nitrogen and oxygen atoms in total.